The van der Waals surface area contributed by atoms with E-state index in [-0.39, 0.29) is 6.03 Å². The minimum absolute atomic E-state index is 0.113. The molecule has 3 rings (SSSR count). The van der Waals surface area contributed by atoms with Crippen LogP contribution in [0.3, 0.4) is 0 Å². The van der Waals surface area contributed by atoms with E-state index in [2.05, 4.69) is 29.4 Å². The van der Waals surface area contributed by atoms with E-state index in [4.69, 9.17) is 0 Å². The first-order chi connectivity index (χ1) is 11.3. The normalized spacial score (nSPS) is 15.9. The predicted octanol–water partition coefficient (Wildman–Crippen LogP) is 4.61. The van der Waals surface area contributed by atoms with Crippen LogP contribution in [-0.2, 0) is 6.42 Å². The average Bonchev–Trinajstić information content (AvgIpc) is 3.05. The topological polar surface area (TPSA) is 44.7 Å². The summed E-state index contributed by atoms with van der Waals surface area (Å²) in [4.78, 5) is 18.8. The van der Waals surface area contributed by atoms with E-state index in [0.29, 0.717) is 6.54 Å². The van der Waals surface area contributed by atoms with Crippen molar-refractivity contribution in [3.63, 3.8) is 0 Å². The summed E-state index contributed by atoms with van der Waals surface area (Å²) in [6.45, 7) is 2.85. The van der Waals surface area contributed by atoms with E-state index < -0.39 is 0 Å². The lowest BCUT2D eigenvalue weighted by molar-refractivity contribution is 0.236. The number of aliphatic imine (C=N–C) groups is 1. The van der Waals surface area contributed by atoms with Crippen molar-refractivity contribution < 1.29 is 4.79 Å². The fourth-order valence-electron chi connectivity index (χ4n) is 2.66. The second-order valence-electron chi connectivity index (χ2n) is 5.60. The fraction of sp³-hybridized carbons (Fsp3) is 0.263. The van der Waals surface area contributed by atoms with E-state index >= 15 is 0 Å². The Balaban J connectivity index is 1.73. The maximum Gasteiger partial charge on any atom is 0.327 e. The summed E-state index contributed by atoms with van der Waals surface area (Å²) in [6.07, 6.45) is 2.80. The van der Waals surface area contributed by atoms with Crippen molar-refractivity contribution in [2.24, 2.45) is 4.99 Å². The van der Waals surface area contributed by atoms with Crippen LogP contribution in [0.5, 0.6) is 0 Å². The van der Waals surface area contributed by atoms with Crippen LogP contribution in [0.15, 0.2) is 59.6 Å². The second-order valence-corrected chi connectivity index (χ2v) is 5.60. The number of hydrogen-bond acceptors (Lipinski definition) is 2. The molecule has 1 aliphatic rings. The Morgan fingerprint density at radius 3 is 2.57 bits per heavy atom. The Bertz CT molecular complexity index is 692. The molecular formula is C19H21N3O. The van der Waals surface area contributed by atoms with Gasteiger partial charge in [-0.2, -0.15) is 0 Å². The van der Waals surface area contributed by atoms with Gasteiger partial charge in [0.05, 0.1) is 5.69 Å². The predicted molar refractivity (Wildman–Crippen MR) is 94.3 cm³/mol. The van der Waals surface area contributed by atoms with Gasteiger partial charge in [-0.25, -0.2) is 9.79 Å². The zero-order valence-corrected chi connectivity index (χ0v) is 13.3. The van der Waals surface area contributed by atoms with E-state index in [0.717, 1.165) is 36.5 Å². The molecule has 0 aromatic heterocycles. The van der Waals surface area contributed by atoms with Crippen LogP contribution in [0.2, 0.25) is 0 Å². The maximum atomic E-state index is 12.4. The van der Waals surface area contributed by atoms with Gasteiger partial charge in [-0.1, -0.05) is 37.3 Å². The molecule has 0 saturated carbocycles. The lowest BCUT2D eigenvalue weighted by Crippen LogP contribution is -2.35. The SMILES string of the molecule is CCc1ccc(N=C2CCCN2C(=O)Nc2ccccc2)cc1. The number of para-hydroxylation sites is 1. The first kappa shape index (κ1) is 15.3. The van der Waals surface area contributed by atoms with Gasteiger partial charge >= 0.3 is 6.03 Å². The van der Waals surface area contributed by atoms with Gasteiger partial charge in [0, 0.05) is 18.7 Å². The van der Waals surface area contributed by atoms with Crippen LogP contribution in [-0.4, -0.2) is 23.3 Å². The molecule has 0 unspecified atom stereocenters. The molecule has 0 atom stereocenters. The van der Waals surface area contributed by atoms with Gasteiger partial charge in [-0.15, -0.1) is 0 Å². The number of amidine groups is 1. The molecule has 2 amide bonds. The van der Waals surface area contributed by atoms with Gasteiger partial charge in [-0.3, -0.25) is 4.90 Å². The van der Waals surface area contributed by atoms with Gasteiger partial charge < -0.3 is 5.32 Å². The van der Waals surface area contributed by atoms with E-state index in [9.17, 15) is 4.79 Å². The van der Waals surface area contributed by atoms with Gasteiger partial charge in [0.2, 0.25) is 0 Å². The summed E-state index contributed by atoms with van der Waals surface area (Å²) in [6, 6.07) is 17.6. The highest BCUT2D eigenvalue weighted by molar-refractivity contribution is 6.05. The van der Waals surface area contributed by atoms with Gasteiger partial charge in [0.25, 0.3) is 0 Å². The number of rotatable bonds is 3. The van der Waals surface area contributed by atoms with E-state index in [1.54, 1.807) is 4.90 Å². The monoisotopic (exact) mass is 307 g/mol. The highest BCUT2D eigenvalue weighted by Crippen LogP contribution is 2.20. The van der Waals surface area contributed by atoms with Crippen LogP contribution >= 0.6 is 0 Å². The zero-order valence-electron chi connectivity index (χ0n) is 13.3. The molecule has 1 aliphatic heterocycles. The third-order valence-corrected chi connectivity index (χ3v) is 3.97. The first-order valence-corrected chi connectivity index (χ1v) is 8.06. The number of nitrogens with one attached hydrogen (secondary N) is 1. The van der Waals surface area contributed by atoms with Crippen molar-refractivity contribution in [2.75, 3.05) is 11.9 Å². The molecule has 1 N–H and O–H groups in total. The summed E-state index contributed by atoms with van der Waals surface area (Å²) >= 11 is 0. The summed E-state index contributed by atoms with van der Waals surface area (Å²) in [5.74, 6) is 0.836. The van der Waals surface area contributed by atoms with Crippen LogP contribution in [0.25, 0.3) is 0 Å². The molecular weight excluding hydrogens is 286 g/mol. The third-order valence-electron chi connectivity index (χ3n) is 3.97. The van der Waals surface area contributed by atoms with Crippen molar-refractivity contribution in [1.82, 2.24) is 4.90 Å². The Hall–Kier alpha value is -2.62. The summed E-state index contributed by atoms with van der Waals surface area (Å²) < 4.78 is 0. The molecule has 1 heterocycles. The van der Waals surface area contributed by atoms with Crippen LogP contribution in [0.4, 0.5) is 16.2 Å². The number of carbonyl (C=O) groups excluding carboxylic acids is 1. The summed E-state index contributed by atoms with van der Waals surface area (Å²) in [7, 11) is 0. The molecule has 4 heteroatoms. The van der Waals surface area contributed by atoms with E-state index in [1.165, 1.54) is 5.56 Å². The quantitative estimate of drug-likeness (QED) is 0.884. The number of anilines is 1. The number of amides is 2. The molecule has 1 saturated heterocycles. The average molecular weight is 307 g/mol. The molecule has 2 aromatic rings. The Morgan fingerprint density at radius 1 is 1.13 bits per heavy atom. The summed E-state index contributed by atoms with van der Waals surface area (Å²) in [5, 5.41) is 2.92. The lowest BCUT2D eigenvalue weighted by atomic mass is 10.1. The number of carbonyl (C=O) groups is 1. The van der Waals surface area contributed by atoms with Crippen molar-refractivity contribution in [3.05, 3.63) is 60.2 Å². The molecule has 1 fully saturated rings. The molecule has 2 aromatic carbocycles. The smallest absolute Gasteiger partial charge is 0.308 e. The number of aryl methyl sites for hydroxylation is 1. The number of hydrogen-bond donors (Lipinski definition) is 1. The minimum atomic E-state index is -0.113. The highest BCUT2D eigenvalue weighted by atomic mass is 16.2. The highest BCUT2D eigenvalue weighted by Gasteiger charge is 2.24. The molecule has 4 nitrogen and oxygen atoms in total. The molecule has 0 aliphatic carbocycles. The van der Waals surface area contributed by atoms with Crippen molar-refractivity contribution in [2.45, 2.75) is 26.2 Å². The molecule has 118 valence electrons. The third kappa shape index (κ3) is 3.77. The van der Waals surface area contributed by atoms with Crippen LogP contribution in [0, 0.1) is 0 Å². The maximum absolute atomic E-state index is 12.4. The lowest BCUT2D eigenvalue weighted by Gasteiger charge is -2.17. The van der Waals surface area contributed by atoms with Crippen molar-refractivity contribution in [1.29, 1.82) is 0 Å². The molecule has 0 bridgehead atoms. The van der Waals surface area contributed by atoms with E-state index in [1.807, 2.05) is 42.5 Å². The Labute approximate surface area is 136 Å². The first-order valence-electron chi connectivity index (χ1n) is 8.06. The largest absolute Gasteiger partial charge is 0.327 e. The second kappa shape index (κ2) is 7.09. The number of benzene rings is 2. The number of urea groups is 1. The van der Waals surface area contributed by atoms with Crippen LogP contribution in [0.1, 0.15) is 25.3 Å². The standard InChI is InChI=1S/C19H21N3O/c1-2-15-10-12-17(13-11-15)20-18-9-6-14-22(18)19(23)21-16-7-4-3-5-8-16/h3-5,7-8,10-13H,2,6,9,14H2,1H3,(H,21,23). The fourth-order valence-corrected chi connectivity index (χ4v) is 2.66. The number of likely N-dealkylation sites (tertiary alicyclic amines) is 1. The number of nitrogens with zero attached hydrogens (tertiary/aromatic N) is 2. The minimum Gasteiger partial charge on any atom is -0.308 e. The molecule has 0 spiro atoms. The molecule has 23 heavy (non-hydrogen) atoms. The van der Waals surface area contributed by atoms with Gasteiger partial charge in [0.1, 0.15) is 5.84 Å². The van der Waals surface area contributed by atoms with Gasteiger partial charge in [0.15, 0.2) is 0 Å². The zero-order chi connectivity index (χ0) is 16.1. The Kier molecular flexibility index (Phi) is 4.71. The van der Waals surface area contributed by atoms with Crippen molar-refractivity contribution in [3.8, 4) is 0 Å². The molecule has 0 radical (unpaired) electrons. The van der Waals surface area contributed by atoms with Gasteiger partial charge in [-0.05, 0) is 42.7 Å². The Morgan fingerprint density at radius 2 is 1.87 bits per heavy atom. The summed E-state index contributed by atoms with van der Waals surface area (Å²) in [5.41, 5.74) is 2.99. The van der Waals surface area contributed by atoms with Crippen molar-refractivity contribution >= 4 is 23.2 Å². The van der Waals surface area contributed by atoms with Crippen LogP contribution < -0.4 is 5.32 Å².